The molecule has 0 bridgehead atoms. The first-order valence-electron chi connectivity index (χ1n) is 14.6. The van der Waals surface area contributed by atoms with E-state index in [0.29, 0.717) is 22.5 Å². The van der Waals surface area contributed by atoms with Crippen molar-refractivity contribution in [3.05, 3.63) is 127 Å². The van der Waals surface area contributed by atoms with Gasteiger partial charge in [-0.2, -0.15) is 28.2 Å². The summed E-state index contributed by atoms with van der Waals surface area (Å²) in [7, 11) is 7.00. The second-order valence-corrected chi connectivity index (χ2v) is 11.2. The van der Waals surface area contributed by atoms with E-state index in [9.17, 15) is 10.2 Å². The van der Waals surface area contributed by atoms with Gasteiger partial charge in [0.25, 0.3) is 0 Å². The van der Waals surface area contributed by atoms with Gasteiger partial charge in [0.15, 0.2) is 0 Å². The van der Waals surface area contributed by atoms with Crippen LogP contribution in [0.4, 0.5) is 11.4 Å². The van der Waals surface area contributed by atoms with Gasteiger partial charge in [-0.1, -0.05) is 59.7 Å². The molecule has 8 heteroatoms. The Morgan fingerprint density at radius 2 is 0.761 bits per heavy atom. The van der Waals surface area contributed by atoms with Crippen molar-refractivity contribution in [2.24, 2.45) is 9.98 Å². The molecule has 0 unspecified atom stereocenters. The molecule has 0 saturated carbocycles. The predicted octanol–water partition coefficient (Wildman–Crippen LogP) is 4.94. The fraction of sp³-hybridized carbons (Fsp3) is 0.316. The largest absolute Gasteiger partial charge is 5.00 e. The van der Waals surface area contributed by atoms with E-state index in [1.165, 1.54) is 0 Å². The first-order chi connectivity index (χ1) is 20.8. The molecular formula is C38H46ClN4O2Ta. The fourth-order valence-corrected chi connectivity index (χ4v) is 5.51. The van der Waals surface area contributed by atoms with Crippen LogP contribution in [0.1, 0.15) is 55.6 Å². The molecule has 4 aromatic carbocycles. The standard InChI is InChI=1S/C34H36N2O2.2C2H6N.ClH.Ta/c1-19-15-23(5)29(24(6)16-19)33(37)35-27-13-9-11-21(3)31(27)32-22(4)12-10-14-28(32)36-34(38)30-25(7)17-20(2)18-26(30)8;2*1-3-2;;/h9-18H,1-8H3,(H,35,37)(H,36,38);2*1-2H3;1H;/q;2*-1;;+5/p-3. The zero-order chi connectivity index (χ0) is 33.1. The molecule has 0 saturated heterocycles. The molecule has 4 rings (SSSR count). The first-order valence-corrected chi connectivity index (χ1v) is 14.6. The van der Waals surface area contributed by atoms with Crippen molar-refractivity contribution in [2.45, 2.75) is 55.4 Å². The van der Waals surface area contributed by atoms with Crippen LogP contribution in [0.2, 0.25) is 0 Å². The van der Waals surface area contributed by atoms with Gasteiger partial charge in [0, 0.05) is 11.1 Å². The summed E-state index contributed by atoms with van der Waals surface area (Å²) in [6.07, 6.45) is 0. The monoisotopic (exact) mass is 806 g/mol. The molecule has 0 heterocycles. The van der Waals surface area contributed by atoms with Crippen LogP contribution >= 0.6 is 0 Å². The van der Waals surface area contributed by atoms with Gasteiger partial charge in [-0.15, -0.1) is 0 Å². The zero-order valence-corrected chi connectivity index (χ0v) is 33.2. The Hall–Kier alpha value is -3.23. The first kappa shape index (κ1) is 42.8. The van der Waals surface area contributed by atoms with Crippen molar-refractivity contribution in [3.8, 4) is 11.1 Å². The Morgan fingerprint density at radius 1 is 0.500 bits per heavy atom. The number of benzene rings is 4. The molecule has 4 aromatic rings. The second kappa shape index (κ2) is 20.1. The number of aryl methyl sites for hydroxylation is 8. The maximum atomic E-state index is 13.5. The van der Waals surface area contributed by atoms with Crippen molar-refractivity contribution < 1.29 is 45.0 Å². The molecule has 0 atom stereocenters. The third-order valence-corrected chi connectivity index (χ3v) is 6.98. The average Bonchev–Trinajstić information content (AvgIpc) is 2.89. The molecule has 46 heavy (non-hydrogen) atoms. The number of hydrogen-bond donors (Lipinski definition) is 0. The molecule has 0 aliphatic carbocycles. The van der Waals surface area contributed by atoms with Crippen LogP contribution in [-0.4, -0.2) is 40.0 Å². The maximum Gasteiger partial charge on any atom is 5.00 e. The van der Waals surface area contributed by atoms with Gasteiger partial charge in [-0.25, -0.2) is 0 Å². The molecule has 0 aliphatic rings. The number of hydrogen-bond acceptors (Lipinski definition) is 4. The van der Waals surface area contributed by atoms with Gasteiger partial charge in [0.05, 0.1) is 11.4 Å². The topological polar surface area (TPSA) is 99.0 Å². The van der Waals surface area contributed by atoms with E-state index in [1.807, 2.05) is 116 Å². The Labute approximate surface area is 298 Å². The SMILES string of the molecule is C[N-]C.C[N-]C.Cc1cc(C)c(C([O-])=Nc2cccc(C)c2-c2c(C)cccc2N=C([O-])c2c(C)cc(C)cc2C)c(C)c1.[Cl-].[Ta+5]. The van der Waals surface area contributed by atoms with E-state index >= 15 is 0 Å². The number of aliphatic imine (C=N–C) groups is 2. The smallest absolute Gasteiger partial charge is 1.00 e. The van der Waals surface area contributed by atoms with Crippen molar-refractivity contribution in [3.63, 3.8) is 0 Å². The zero-order valence-electron chi connectivity index (χ0n) is 29.2. The molecule has 0 aromatic heterocycles. The summed E-state index contributed by atoms with van der Waals surface area (Å²) >= 11 is 0. The minimum absolute atomic E-state index is 0. The van der Waals surface area contributed by atoms with Gasteiger partial charge in [-0.05, 0) is 124 Å². The van der Waals surface area contributed by atoms with Crippen molar-refractivity contribution in [2.75, 3.05) is 28.2 Å². The minimum Gasteiger partial charge on any atom is -1.00 e. The van der Waals surface area contributed by atoms with Gasteiger partial charge >= 0.3 is 22.4 Å². The van der Waals surface area contributed by atoms with Gasteiger partial charge in [0.1, 0.15) is 0 Å². The van der Waals surface area contributed by atoms with Crippen molar-refractivity contribution >= 4 is 23.2 Å². The van der Waals surface area contributed by atoms with E-state index in [0.717, 1.165) is 55.6 Å². The molecule has 0 aliphatic heterocycles. The minimum atomic E-state index is -0.277. The Bertz CT molecular complexity index is 1500. The van der Waals surface area contributed by atoms with Gasteiger partial charge in [-0.3, -0.25) is 9.98 Å². The number of nitrogens with zero attached hydrogens (tertiary/aromatic N) is 4. The molecule has 0 amide bonds. The third kappa shape index (κ3) is 10.9. The second-order valence-electron chi connectivity index (χ2n) is 11.2. The van der Waals surface area contributed by atoms with Gasteiger partial charge in [0.2, 0.25) is 0 Å². The van der Waals surface area contributed by atoms with E-state index in [2.05, 4.69) is 20.6 Å². The van der Waals surface area contributed by atoms with Crippen molar-refractivity contribution in [1.29, 1.82) is 0 Å². The summed E-state index contributed by atoms with van der Waals surface area (Å²) in [5.74, 6) is -0.554. The van der Waals surface area contributed by atoms with E-state index in [1.54, 1.807) is 28.2 Å². The summed E-state index contributed by atoms with van der Waals surface area (Å²) in [5.41, 5.74) is 11.8. The van der Waals surface area contributed by atoms with Crippen molar-refractivity contribution in [1.82, 2.24) is 0 Å². The molecule has 0 fully saturated rings. The molecule has 0 radical (unpaired) electrons. The quantitative estimate of drug-likeness (QED) is 0.211. The number of halogens is 1. The Kier molecular flexibility index (Phi) is 18.7. The van der Waals surface area contributed by atoms with Gasteiger partial charge < -0.3 is 33.3 Å². The van der Waals surface area contributed by atoms with Crippen LogP contribution in [-0.2, 0) is 22.4 Å². The third-order valence-electron chi connectivity index (χ3n) is 6.98. The summed E-state index contributed by atoms with van der Waals surface area (Å²) in [6.45, 7) is 15.8. The van der Waals surface area contributed by atoms with E-state index < -0.39 is 0 Å². The summed E-state index contributed by atoms with van der Waals surface area (Å²) in [4.78, 5) is 9.22. The average molecular weight is 807 g/mol. The molecule has 6 nitrogen and oxygen atoms in total. The molecule has 242 valence electrons. The number of rotatable bonds is 5. The van der Waals surface area contributed by atoms with E-state index in [-0.39, 0.29) is 46.6 Å². The predicted molar refractivity (Wildman–Crippen MR) is 185 cm³/mol. The van der Waals surface area contributed by atoms with Crippen LogP contribution in [0.3, 0.4) is 0 Å². The Balaban J connectivity index is 0.00000235. The van der Waals surface area contributed by atoms with Crippen LogP contribution in [0.15, 0.2) is 70.6 Å². The van der Waals surface area contributed by atoms with Crippen LogP contribution in [0, 0.1) is 55.4 Å². The maximum absolute atomic E-state index is 13.5. The fourth-order valence-electron chi connectivity index (χ4n) is 5.51. The summed E-state index contributed by atoms with van der Waals surface area (Å²) < 4.78 is 0. The van der Waals surface area contributed by atoms with Crippen LogP contribution < -0.4 is 22.6 Å². The summed E-state index contributed by atoms with van der Waals surface area (Å²) in [6, 6.07) is 19.5. The molecule has 0 N–H and O–H groups in total. The van der Waals surface area contributed by atoms with Crippen LogP contribution in [0.25, 0.3) is 21.8 Å². The Morgan fingerprint density at radius 3 is 1.02 bits per heavy atom. The molecule has 0 spiro atoms. The normalized spacial score (nSPS) is 10.9. The van der Waals surface area contributed by atoms with E-state index in [4.69, 9.17) is 0 Å². The summed E-state index contributed by atoms with van der Waals surface area (Å²) in [5, 5.41) is 33.9. The van der Waals surface area contributed by atoms with Crippen LogP contribution in [0.5, 0.6) is 0 Å². The molecular weight excluding hydrogens is 761 g/mol.